The number of carbonyl (C=O) groups excluding carboxylic acids is 3. The van der Waals surface area contributed by atoms with Gasteiger partial charge in [-0.2, -0.15) is 0 Å². The fourth-order valence-corrected chi connectivity index (χ4v) is 1.22. The summed E-state index contributed by atoms with van der Waals surface area (Å²) in [6.07, 6.45) is 0. The van der Waals surface area contributed by atoms with E-state index in [9.17, 15) is 14.4 Å². The van der Waals surface area contributed by atoms with Crippen LogP contribution in [0.5, 0.6) is 0 Å². The number of amides is 1. The minimum atomic E-state index is -0.773. The van der Waals surface area contributed by atoms with E-state index in [0.717, 1.165) is 0 Å². The summed E-state index contributed by atoms with van der Waals surface area (Å²) >= 11 is 0. The predicted molar refractivity (Wildman–Crippen MR) is 55.9 cm³/mol. The zero-order valence-corrected chi connectivity index (χ0v) is 8.90. The number of Topliss-reactive ketones (excluding diaryl/α,β-unsaturated/α-hetero) is 2. The Hall–Kier alpha value is -2.17. The number of hydrogen-bond acceptors (Lipinski definition) is 4. The van der Waals surface area contributed by atoms with Crippen LogP contribution in [0.3, 0.4) is 0 Å². The molecule has 0 aliphatic rings. The average molecular weight is 218 g/mol. The molecule has 0 aliphatic heterocycles. The molecule has 1 aromatic carbocycles. The van der Waals surface area contributed by atoms with Crippen molar-refractivity contribution < 1.29 is 14.4 Å². The number of nitrogens with one attached hydrogen (secondary N) is 1. The van der Waals surface area contributed by atoms with Gasteiger partial charge in [0, 0.05) is 16.7 Å². The molecule has 0 radical (unpaired) electrons. The highest BCUT2D eigenvalue weighted by Crippen LogP contribution is 2.13. The van der Waals surface area contributed by atoms with E-state index in [1.807, 2.05) is 0 Å². The van der Waals surface area contributed by atoms with Crippen LogP contribution < -0.4 is 0 Å². The number of benzene rings is 1. The zero-order valence-electron chi connectivity index (χ0n) is 8.90. The molecule has 1 rings (SSSR count). The third kappa shape index (κ3) is 2.44. The maximum absolute atomic E-state index is 11.2. The standard InChI is InChI=1S/C11H10N2O3/c1-6(14)8-3-9(7(2)15)5-10(4-8)11(16)13-12/h3-5,12H,1-2H3. The summed E-state index contributed by atoms with van der Waals surface area (Å²) in [5, 5.41) is 2.75. The third-order valence-electron chi connectivity index (χ3n) is 2.09. The Bertz CT molecular complexity index is 460. The van der Waals surface area contributed by atoms with Gasteiger partial charge in [-0.1, -0.05) is 0 Å². The van der Waals surface area contributed by atoms with Gasteiger partial charge in [0.25, 0.3) is 5.91 Å². The van der Waals surface area contributed by atoms with Crippen LogP contribution in [-0.4, -0.2) is 17.5 Å². The molecule has 0 saturated heterocycles. The molecule has 0 bridgehead atoms. The molecule has 0 unspecified atom stereocenters. The average Bonchev–Trinajstić information content (AvgIpc) is 2.27. The highest BCUT2D eigenvalue weighted by molar-refractivity contribution is 6.04. The smallest absolute Gasteiger partial charge is 0.294 e. The van der Waals surface area contributed by atoms with Crippen LogP contribution in [0.4, 0.5) is 0 Å². The Morgan fingerprint density at radius 2 is 1.31 bits per heavy atom. The van der Waals surface area contributed by atoms with E-state index in [1.165, 1.54) is 32.0 Å². The molecule has 16 heavy (non-hydrogen) atoms. The van der Waals surface area contributed by atoms with Crippen LogP contribution >= 0.6 is 0 Å². The van der Waals surface area contributed by atoms with Crippen molar-refractivity contribution in [3.05, 3.63) is 34.9 Å². The SMILES string of the molecule is CC(=O)c1cc(C(C)=O)cc(C(=O)N=N)c1. The van der Waals surface area contributed by atoms with Gasteiger partial charge in [0.1, 0.15) is 0 Å². The molecular formula is C11H10N2O3. The topological polar surface area (TPSA) is 87.4 Å². The number of carbonyl (C=O) groups is 3. The Labute approximate surface area is 92.0 Å². The molecule has 82 valence electrons. The first-order chi connectivity index (χ1) is 7.45. The first kappa shape index (κ1) is 11.9. The second kappa shape index (κ2) is 4.57. The Morgan fingerprint density at radius 3 is 1.62 bits per heavy atom. The molecule has 5 heteroatoms. The molecule has 0 atom stereocenters. The second-order valence-corrected chi connectivity index (χ2v) is 3.33. The minimum absolute atomic E-state index is 0.0768. The van der Waals surface area contributed by atoms with Crippen molar-refractivity contribution in [3.8, 4) is 0 Å². The monoisotopic (exact) mass is 218 g/mol. The lowest BCUT2D eigenvalue weighted by Crippen LogP contribution is -2.03. The van der Waals surface area contributed by atoms with Gasteiger partial charge in [-0.3, -0.25) is 14.4 Å². The van der Waals surface area contributed by atoms with Gasteiger partial charge in [0.05, 0.1) is 0 Å². The second-order valence-electron chi connectivity index (χ2n) is 3.33. The van der Waals surface area contributed by atoms with Crippen LogP contribution in [-0.2, 0) is 0 Å². The van der Waals surface area contributed by atoms with Crippen molar-refractivity contribution >= 4 is 17.5 Å². The number of rotatable bonds is 3. The normalized spacial score (nSPS) is 9.62. The van der Waals surface area contributed by atoms with Gasteiger partial charge < -0.3 is 0 Å². The maximum Gasteiger partial charge on any atom is 0.294 e. The Kier molecular flexibility index (Phi) is 3.40. The van der Waals surface area contributed by atoms with Gasteiger partial charge in [-0.05, 0) is 32.0 Å². The molecule has 0 aliphatic carbocycles. The molecule has 1 aromatic rings. The summed E-state index contributed by atoms with van der Waals surface area (Å²) in [6, 6.07) is 4.08. The van der Waals surface area contributed by atoms with Crippen molar-refractivity contribution in [3.63, 3.8) is 0 Å². The summed E-state index contributed by atoms with van der Waals surface area (Å²) in [5.41, 5.74) is 7.21. The quantitative estimate of drug-likeness (QED) is 0.623. The van der Waals surface area contributed by atoms with E-state index >= 15 is 0 Å². The molecule has 0 saturated carbocycles. The van der Waals surface area contributed by atoms with Crippen LogP contribution in [0.2, 0.25) is 0 Å². The van der Waals surface area contributed by atoms with E-state index in [1.54, 1.807) is 0 Å². The Morgan fingerprint density at radius 1 is 0.938 bits per heavy atom. The first-order valence-electron chi connectivity index (χ1n) is 4.54. The summed E-state index contributed by atoms with van der Waals surface area (Å²) in [6.45, 7) is 2.68. The summed E-state index contributed by atoms with van der Waals surface area (Å²) in [5.74, 6) is -1.27. The number of nitrogens with zero attached hydrogens (tertiary/aromatic N) is 1. The van der Waals surface area contributed by atoms with E-state index in [4.69, 9.17) is 5.53 Å². The number of hydrogen-bond donors (Lipinski definition) is 1. The van der Waals surface area contributed by atoms with Gasteiger partial charge in [0.15, 0.2) is 11.6 Å². The van der Waals surface area contributed by atoms with Gasteiger partial charge in [-0.25, -0.2) is 5.53 Å². The summed E-state index contributed by atoms with van der Waals surface area (Å²) in [4.78, 5) is 33.6. The van der Waals surface area contributed by atoms with Gasteiger partial charge in [0.2, 0.25) is 0 Å². The molecule has 5 nitrogen and oxygen atoms in total. The Balaban J connectivity index is 3.40. The molecule has 1 N–H and O–H groups in total. The fraction of sp³-hybridized carbons (Fsp3) is 0.182. The minimum Gasteiger partial charge on any atom is -0.295 e. The molecule has 1 amide bonds. The lowest BCUT2D eigenvalue weighted by molar-refractivity contribution is 0.0991. The zero-order chi connectivity index (χ0) is 12.3. The lowest BCUT2D eigenvalue weighted by atomic mass is 10.0. The summed E-state index contributed by atoms with van der Waals surface area (Å²) in [7, 11) is 0. The lowest BCUT2D eigenvalue weighted by Gasteiger charge is -2.02. The molecule has 0 heterocycles. The van der Waals surface area contributed by atoms with Crippen molar-refractivity contribution in [2.24, 2.45) is 5.11 Å². The fourth-order valence-electron chi connectivity index (χ4n) is 1.22. The molecular weight excluding hydrogens is 208 g/mol. The van der Waals surface area contributed by atoms with Crippen LogP contribution in [0.25, 0.3) is 0 Å². The molecule has 0 aromatic heterocycles. The van der Waals surface area contributed by atoms with E-state index < -0.39 is 5.91 Å². The van der Waals surface area contributed by atoms with Gasteiger partial charge in [-0.15, -0.1) is 5.11 Å². The van der Waals surface area contributed by atoms with E-state index in [-0.39, 0.29) is 28.3 Å². The van der Waals surface area contributed by atoms with Crippen LogP contribution in [0.1, 0.15) is 44.9 Å². The van der Waals surface area contributed by atoms with E-state index in [0.29, 0.717) is 0 Å². The first-order valence-corrected chi connectivity index (χ1v) is 4.54. The molecule has 0 spiro atoms. The van der Waals surface area contributed by atoms with Crippen molar-refractivity contribution in [1.82, 2.24) is 0 Å². The highest BCUT2D eigenvalue weighted by atomic mass is 16.1. The molecule has 0 fully saturated rings. The predicted octanol–water partition coefficient (Wildman–Crippen LogP) is 2.26. The number of ketones is 2. The van der Waals surface area contributed by atoms with Crippen molar-refractivity contribution in [2.45, 2.75) is 13.8 Å². The van der Waals surface area contributed by atoms with E-state index in [2.05, 4.69) is 5.11 Å². The van der Waals surface area contributed by atoms with Gasteiger partial charge >= 0.3 is 0 Å². The van der Waals surface area contributed by atoms with Crippen molar-refractivity contribution in [2.75, 3.05) is 0 Å². The van der Waals surface area contributed by atoms with Crippen molar-refractivity contribution in [1.29, 1.82) is 5.53 Å². The summed E-state index contributed by atoms with van der Waals surface area (Å²) < 4.78 is 0. The van der Waals surface area contributed by atoms with Crippen LogP contribution in [0.15, 0.2) is 23.3 Å². The maximum atomic E-state index is 11.2. The largest absolute Gasteiger partial charge is 0.295 e. The van der Waals surface area contributed by atoms with Crippen LogP contribution in [0, 0.1) is 5.53 Å². The third-order valence-corrected chi connectivity index (χ3v) is 2.09. The highest BCUT2D eigenvalue weighted by Gasteiger charge is 2.12.